The number of allylic oxidation sites excluding steroid dienone is 8. The molecule has 0 aliphatic heterocycles. The molecule has 0 fully saturated rings. The van der Waals surface area contributed by atoms with Gasteiger partial charge >= 0.3 is 129 Å². The SMILES string of the molecule is C1=CCCC=CCC1.C1=CCCC=CCC1.[F][Sb-]([F])([F])([F])([F])[F].[F][Sb-]([F])([F])([F])([F])[F].[F][Sb-]([F])([F])([F])([F])[F].[Ir+3]. The van der Waals surface area contributed by atoms with E-state index in [0.29, 0.717) is 0 Å². The zero-order valence-electron chi connectivity index (χ0n) is 18.8. The second kappa shape index (κ2) is 13.4. The van der Waals surface area contributed by atoms with E-state index < -0.39 is 58.4 Å². The van der Waals surface area contributed by atoms with Crippen molar-refractivity contribution in [1.29, 1.82) is 0 Å². The third-order valence-electron chi connectivity index (χ3n) is 2.67. The summed E-state index contributed by atoms with van der Waals surface area (Å²) < 4.78 is 179. The Hall–Kier alpha value is 0.804. The Morgan fingerprint density at radius 1 is 0.237 bits per heavy atom. The molecule has 0 spiro atoms. The first-order chi connectivity index (χ1) is 15.3. The average Bonchev–Trinajstić information content (AvgIpc) is 2.34. The average molecular weight is 1120 g/mol. The summed E-state index contributed by atoms with van der Waals surface area (Å²) in [4.78, 5) is 0. The van der Waals surface area contributed by atoms with Crippen LogP contribution in [0.4, 0.5) is 50.6 Å². The number of halogens is 18. The molecule has 0 heterocycles. The van der Waals surface area contributed by atoms with Crippen molar-refractivity contribution in [1.82, 2.24) is 0 Å². The van der Waals surface area contributed by atoms with E-state index in [1.54, 1.807) is 0 Å². The van der Waals surface area contributed by atoms with Gasteiger partial charge in [-0.2, -0.15) is 0 Å². The summed E-state index contributed by atoms with van der Waals surface area (Å²) in [5.41, 5.74) is 0. The normalized spacial score (nSPS) is 21.2. The molecular weight excluding hydrogens is 1090 g/mol. The van der Waals surface area contributed by atoms with Gasteiger partial charge in [-0.05, 0) is 51.4 Å². The van der Waals surface area contributed by atoms with Crippen molar-refractivity contribution in [2.24, 2.45) is 0 Å². The molecule has 0 radical (unpaired) electrons. The number of hydrogen-bond donors (Lipinski definition) is 0. The number of hydrogen-bond acceptors (Lipinski definition) is 0. The van der Waals surface area contributed by atoms with E-state index in [9.17, 15) is 50.6 Å². The fourth-order valence-electron chi connectivity index (χ4n) is 1.71. The Kier molecular flexibility index (Phi) is 16.2. The van der Waals surface area contributed by atoms with E-state index in [1.807, 2.05) is 0 Å². The Bertz CT molecular complexity index is 616. The smallest absolute Gasteiger partial charge is 3.00 e. The molecule has 0 nitrogen and oxygen atoms in total. The second-order valence-corrected chi connectivity index (χ2v) is 23.5. The van der Waals surface area contributed by atoms with Gasteiger partial charge in [0, 0.05) is 0 Å². The molecular formula is C16H24F18IrSb3. The zero-order chi connectivity index (χ0) is 30.5. The molecule has 22 heteroatoms. The Morgan fingerprint density at radius 3 is 0.342 bits per heavy atom. The molecule has 0 unspecified atom stereocenters. The molecule has 0 saturated heterocycles. The molecule has 0 N–H and O–H groups in total. The van der Waals surface area contributed by atoms with Gasteiger partial charge in [0.1, 0.15) is 0 Å². The monoisotopic (exact) mass is 1110 g/mol. The van der Waals surface area contributed by atoms with E-state index in [-0.39, 0.29) is 20.1 Å². The van der Waals surface area contributed by atoms with Crippen LogP contribution in [-0.2, 0) is 20.1 Å². The number of rotatable bonds is 0. The maximum Gasteiger partial charge on any atom is 3.00 e. The van der Waals surface area contributed by atoms with E-state index in [2.05, 4.69) is 48.6 Å². The summed E-state index contributed by atoms with van der Waals surface area (Å²) in [6.07, 6.45) is 28.0. The maximum absolute atomic E-state index is 11.2. The van der Waals surface area contributed by atoms with Gasteiger partial charge in [-0.15, -0.1) is 0 Å². The van der Waals surface area contributed by atoms with E-state index in [4.69, 9.17) is 0 Å². The second-order valence-electron chi connectivity index (χ2n) is 7.07. The topological polar surface area (TPSA) is 0 Å². The quantitative estimate of drug-likeness (QED) is 0.129. The van der Waals surface area contributed by atoms with Crippen LogP contribution in [0.25, 0.3) is 0 Å². The molecule has 38 heavy (non-hydrogen) atoms. The molecule has 0 amide bonds. The van der Waals surface area contributed by atoms with Gasteiger partial charge in [0.15, 0.2) is 0 Å². The first-order valence-electron chi connectivity index (χ1n) is 9.64. The van der Waals surface area contributed by atoms with Crippen molar-refractivity contribution < 1.29 is 70.7 Å². The van der Waals surface area contributed by atoms with Crippen LogP contribution >= 0.6 is 0 Å². The molecule has 0 aromatic rings. The fraction of sp³-hybridized carbons (Fsp3) is 0.500. The molecule has 2 rings (SSSR count). The van der Waals surface area contributed by atoms with Crippen molar-refractivity contribution >= 4 is 58.4 Å². The molecule has 2 aliphatic rings. The summed E-state index contributed by atoms with van der Waals surface area (Å²) >= 11 is -33.8. The maximum atomic E-state index is 9.93. The van der Waals surface area contributed by atoms with Crippen LogP contribution in [0.3, 0.4) is 0 Å². The summed E-state index contributed by atoms with van der Waals surface area (Å²) in [5.74, 6) is 0. The first-order valence-corrected chi connectivity index (χ1v) is 27.0. The molecule has 0 aromatic carbocycles. The van der Waals surface area contributed by atoms with Crippen LogP contribution in [0.2, 0.25) is 0 Å². The van der Waals surface area contributed by atoms with Crippen molar-refractivity contribution in [2.45, 2.75) is 51.4 Å². The van der Waals surface area contributed by atoms with Gasteiger partial charge in [0.2, 0.25) is 0 Å². The molecule has 0 atom stereocenters. The van der Waals surface area contributed by atoms with Gasteiger partial charge in [0.25, 0.3) is 0 Å². The Balaban J connectivity index is -0.000000189. The van der Waals surface area contributed by atoms with E-state index >= 15 is 0 Å². The van der Waals surface area contributed by atoms with E-state index in [1.165, 1.54) is 51.4 Å². The fourth-order valence-corrected chi connectivity index (χ4v) is 1.71. The van der Waals surface area contributed by atoms with Gasteiger partial charge in [-0.3, -0.25) is 0 Å². The molecule has 0 saturated carbocycles. The van der Waals surface area contributed by atoms with Gasteiger partial charge in [0.05, 0.1) is 0 Å². The minimum absolute atomic E-state index is 0. The summed E-state index contributed by atoms with van der Waals surface area (Å²) in [6.45, 7) is 0. The largest absolute Gasteiger partial charge is 3.00 e. The third-order valence-corrected chi connectivity index (χ3v) is 2.67. The predicted molar refractivity (Wildman–Crippen MR) is 111 cm³/mol. The van der Waals surface area contributed by atoms with Gasteiger partial charge in [-0.25, -0.2) is 0 Å². The van der Waals surface area contributed by atoms with Gasteiger partial charge < -0.3 is 0 Å². The van der Waals surface area contributed by atoms with Crippen molar-refractivity contribution in [3.63, 3.8) is 0 Å². The Labute approximate surface area is 227 Å². The van der Waals surface area contributed by atoms with E-state index in [0.717, 1.165) is 0 Å². The van der Waals surface area contributed by atoms with Crippen LogP contribution in [0.15, 0.2) is 48.6 Å². The molecule has 0 aromatic heterocycles. The van der Waals surface area contributed by atoms with Crippen LogP contribution in [0, 0.1) is 0 Å². The minimum Gasteiger partial charge on any atom is 3.00 e. The zero-order valence-corrected chi connectivity index (χ0v) is 28.8. The van der Waals surface area contributed by atoms with Crippen molar-refractivity contribution in [3.05, 3.63) is 48.6 Å². The summed E-state index contributed by atoms with van der Waals surface area (Å²) in [7, 11) is 0. The molecule has 2 aliphatic carbocycles. The van der Waals surface area contributed by atoms with Crippen LogP contribution in [0.5, 0.6) is 0 Å². The standard InChI is InChI=1S/2C8H12.18FH.Ir.3Sb/c2*1-2-4-6-8-7-5-3-1;;;;;;;;;;;;;;;;;;;;;;/h2*1-2,7-8H,3-6H2;18*1H;;;;/q;;;;;;;;;;;;;;;;;;;;+3;3*+5/p-18. The minimum atomic E-state index is -11.2. The molecule has 238 valence electrons. The van der Waals surface area contributed by atoms with Crippen LogP contribution in [-0.4, -0.2) is 58.4 Å². The summed E-state index contributed by atoms with van der Waals surface area (Å²) in [5, 5.41) is 0. The third kappa shape index (κ3) is 167. The van der Waals surface area contributed by atoms with Crippen molar-refractivity contribution in [3.8, 4) is 0 Å². The van der Waals surface area contributed by atoms with Crippen LogP contribution in [0.1, 0.15) is 51.4 Å². The predicted octanol–water partition coefficient (Wildman–Crippen LogP) is 11.8. The van der Waals surface area contributed by atoms with Crippen LogP contribution < -0.4 is 0 Å². The summed E-state index contributed by atoms with van der Waals surface area (Å²) in [6, 6.07) is 0. The molecule has 0 bridgehead atoms. The first kappa shape index (κ1) is 45.8. The van der Waals surface area contributed by atoms with Crippen molar-refractivity contribution in [2.75, 3.05) is 0 Å². The Morgan fingerprint density at radius 2 is 0.289 bits per heavy atom. The van der Waals surface area contributed by atoms with Gasteiger partial charge in [-0.1, -0.05) is 48.6 Å².